The van der Waals surface area contributed by atoms with Gasteiger partial charge in [0.15, 0.2) is 0 Å². The van der Waals surface area contributed by atoms with E-state index in [1.165, 1.54) is 43.0 Å². The van der Waals surface area contributed by atoms with Crippen LogP contribution in [0.1, 0.15) is 25.7 Å². The molecule has 0 bridgehead atoms. The first-order valence-corrected chi connectivity index (χ1v) is 8.37. The standard InChI is InChI=1S/C12H16ClN7S/c1-21-12(4-2-3-5-12)6-15-10-17-9(13)18-11(19-10)20-8-14-7-16-20/h7-8H,2-6H2,1H3,(H,15,17,18,19). The largest absolute Gasteiger partial charge is 0.353 e. The fraction of sp³-hybridized carbons (Fsp3) is 0.583. The van der Waals surface area contributed by atoms with Gasteiger partial charge in [0.05, 0.1) is 0 Å². The highest BCUT2D eigenvalue weighted by Gasteiger charge is 2.32. The average molecular weight is 326 g/mol. The molecule has 7 nitrogen and oxygen atoms in total. The molecule has 0 unspecified atom stereocenters. The van der Waals surface area contributed by atoms with Gasteiger partial charge in [0.2, 0.25) is 11.2 Å². The van der Waals surface area contributed by atoms with E-state index in [1.807, 2.05) is 11.8 Å². The van der Waals surface area contributed by atoms with Crippen molar-refractivity contribution in [3.05, 3.63) is 17.9 Å². The minimum atomic E-state index is 0.141. The van der Waals surface area contributed by atoms with E-state index in [0.717, 1.165) is 6.54 Å². The number of hydrogen-bond acceptors (Lipinski definition) is 7. The average Bonchev–Trinajstić information content (AvgIpc) is 3.17. The molecule has 1 aliphatic carbocycles. The lowest BCUT2D eigenvalue weighted by Gasteiger charge is -2.26. The Morgan fingerprint density at radius 1 is 1.33 bits per heavy atom. The minimum absolute atomic E-state index is 0.141. The first kappa shape index (κ1) is 14.5. The summed E-state index contributed by atoms with van der Waals surface area (Å²) in [5, 5.41) is 7.43. The zero-order valence-electron chi connectivity index (χ0n) is 11.7. The quantitative estimate of drug-likeness (QED) is 0.902. The van der Waals surface area contributed by atoms with Crippen LogP contribution in [0.4, 0.5) is 5.95 Å². The zero-order valence-corrected chi connectivity index (χ0v) is 13.2. The van der Waals surface area contributed by atoms with Crippen LogP contribution in [0.3, 0.4) is 0 Å². The summed E-state index contributed by atoms with van der Waals surface area (Å²) in [6.07, 6.45) is 10.1. The van der Waals surface area contributed by atoms with Crippen LogP contribution in [0.5, 0.6) is 0 Å². The summed E-state index contributed by atoms with van der Waals surface area (Å²) in [6.45, 7) is 0.825. The molecule has 0 atom stereocenters. The Balaban J connectivity index is 1.76. The predicted octanol–water partition coefficient (Wildman–Crippen LogP) is 2.19. The van der Waals surface area contributed by atoms with Crippen molar-refractivity contribution in [3.8, 4) is 5.95 Å². The van der Waals surface area contributed by atoms with Gasteiger partial charge in [0, 0.05) is 11.3 Å². The van der Waals surface area contributed by atoms with Gasteiger partial charge in [0.25, 0.3) is 5.95 Å². The molecule has 0 aliphatic heterocycles. The summed E-state index contributed by atoms with van der Waals surface area (Å²) < 4.78 is 1.73. The van der Waals surface area contributed by atoms with E-state index >= 15 is 0 Å². The summed E-state index contributed by atoms with van der Waals surface area (Å²) >= 11 is 7.87. The highest BCUT2D eigenvalue weighted by atomic mass is 35.5. The van der Waals surface area contributed by atoms with Gasteiger partial charge in [-0.15, -0.1) is 0 Å². The Labute approximate surface area is 131 Å². The first-order valence-electron chi connectivity index (χ1n) is 6.76. The predicted molar refractivity (Wildman–Crippen MR) is 83.0 cm³/mol. The van der Waals surface area contributed by atoms with Gasteiger partial charge in [-0.2, -0.15) is 36.5 Å². The van der Waals surface area contributed by atoms with E-state index < -0.39 is 0 Å². The molecule has 1 saturated carbocycles. The van der Waals surface area contributed by atoms with Crippen LogP contribution < -0.4 is 5.32 Å². The van der Waals surface area contributed by atoms with Crippen LogP contribution in [0.15, 0.2) is 12.7 Å². The second-order valence-electron chi connectivity index (χ2n) is 5.02. The molecule has 0 saturated heterocycles. The Morgan fingerprint density at radius 3 is 2.81 bits per heavy atom. The zero-order chi connectivity index (χ0) is 14.7. The minimum Gasteiger partial charge on any atom is -0.353 e. The number of nitrogens with one attached hydrogen (secondary N) is 1. The maximum Gasteiger partial charge on any atom is 0.258 e. The lowest BCUT2D eigenvalue weighted by Crippen LogP contribution is -2.30. The summed E-state index contributed by atoms with van der Waals surface area (Å²) in [5.74, 6) is 0.834. The Hall–Kier alpha value is -1.41. The summed E-state index contributed by atoms with van der Waals surface area (Å²) in [5.41, 5.74) is 0. The molecule has 3 rings (SSSR count). The lowest BCUT2D eigenvalue weighted by atomic mass is 10.1. The van der Waals surface area contributed by atoms with Gasteiger partial charge >= 0.3 is 0 Å². The van der Waals surface area contributed by atoms with Crippen LogP contribution in [-0.4, -0.2) is 47.3 Å². The van der Waals surface area contributed by atoms with E-state index in [4.69, 9.17) is 11.6 Å². The first-order chi connectivity index (χ1) is 10.2. The molecule has 112 valence electrons. The van der Waals surface area contributed by atoms with Crippen LogP contribution in [0, 0.1) is 0 Å². The van der Waals surface area contributed by atoms with Crippen LogP contribution in [0.25, 0.3) is 5.95 Å². The smallest absolute Gasteiger partial charge is 0.258 e. The SMILES string of the molecule is CSC1(CNc2nc(Cl)nc(-n3cncn3)n2)CCCC1. The van der Waals surface area contributed by atoms with E-state index in [9.17, 15) is 0 Å². The van der Waals surface area contributed by atoms with Gasteiger partial charge in [-0.25, -0.2) is 4.98 Å². The summed E-state index contributed by atoms with van der Waals surface area (Å²) in [4.78, 5) is 16.4. The highest BCUT2D eigenvalue weighted by molar-refractivity contribution is 8.00. The molecule has 0 aromatic carbocycles. The Bertz CT molecular complexity index is 598. The molecule has 1 aliphatic rings. The third kappa shape index (κ3) is 3.26. The molecular weight excluding hydrogens is 310 g/mol. The van der Waals surface area contributed by atoms with E-state index in [-0.39, 0.29) is 10.0 Å². The van der Waals surface area contributed by atoms with Crippen LogP contribution >= 0.6 is 23.4 Å². The normalized spacial score (nSPS) is 17.0. The second kappa shape index (κ2) is 6.15. The molecule has 2 heterocycles. The summed E-state index contributed by atoms with van der Waals surface area (Å²) in [7, 11) is 0. The van der Waals surface area contributed by atoms with Crippen molar-refractivity contribution in [1.82, 2.24) is 29.7 Å². The second-order valence-corrected chi connectivity index (χ2v) is 6.63. The van der Waals surface area contributed by atoms with Crippen molar-refractivity contribution in [1.29, 1.82) is 0 Å². The van der Waals surface area contributed by atoms with Crippen LogP contribution in [0.2, 0.25) is 5.28 Å². The van der Waals surface area contributed by atoms with Gasteiger partial charge in [-0.1, -0.05) is 12.8 Å². The number of anilines is 1. The molecule has 1 N–H and O–H groups in total. The van der Waals surface area contributed by atoms with E-state index in [2.05, 4.69) is 36.6 Å². The molecule has 0 radical (unpaired) electrons. The molecular formula is C12H16ClN7S. The third-order valence-corrected chi connectivity index (χ3v) is 5.32. The molecule has 1 fully saturated rings. The number of thioether (sulfide) groups is 1. The van der Waals surface area contributed by atoms with Gasteiger partial charge < -0.3 is 5.32 Å². The number of nitrogens with zero attached hydrogens (tertiary/aromatic N) is 6. The van der Waals surface area contributed by atoms with Crippen molar-refractivity contribution in [3.63, 3.8) is 0 Å². The summed E-state index contributed by atoms with van der Waals surface area (Å²) in [6, 6.07) is 0. The van der Waals surface area contributed by atoms with Crippen molar-refractivity contribution in [2.75, 3.05) is 18.1 Å². The van der Waals surface area contributed by atoms with E-state index in [0.29, 0.717) is 11.9 Å². The fourth-order valence-corrected chi connectivity index (χ4v) is 3.61. The maximum atomic E-state index is 5.96. The molecule has 2 aromatic rings. The fourth-order valence-electron chi connectivity index (χ4n) is 2.55. The molecule has 21 heavy (non-hydrogen) atoms. The maximum absolute atomic E-state index is 5.96. The van der Waals surface area contributed by atoms with Crippen molar-refractivity contribution in [2.45, 2.75) is 30.4 Å². The monoisotopic (exact) mass is 325 g/mol. The van der Waals surface area contributed by atoms with Crippen molar-refractivity contribution in [2.24, 2.45) is 0 Å². The van der Waals surface area contributed by atoms with Gasteiger partial charge in [-0.05, 0) is 30.7 Å². The number of aromatic nitrogens is 6. The Morgan fingerprint density at radius 2 is 2.14 bits per heavy atom. The van der Waals surface area contributed by atoms with Crippen molar-refractivity contribution < 1.29 is 0 Å². The number of hydrogen-bond donors (Lipinski definition) is 1. The molecule has 9 heteroatoms. The molecule has 2 aromatic heterocycles. The lowest BCUT2D eigenvalue weighted by molar-refractivity contribution is 0.636. The highest BCUT2D eigenvalue weighted by Crippen LogP contribution is 2.40. The molecule has 0 amide bonds. The van der Waals surface area contributed by atoms with E-state index in [1.54, 1.807) is 0 Å². The third-order valence-electron chi connectivity index (χ3n) is 3.74. The number of halogens is 1. The van der Waals surface area contributed by atoms with Crippen molar-refractivity contribution >= 4 is 29.3 Å². The van der Waals surface area contributed by atoms with Gasteiger partial charge in [0.1, 0.15) is 12.7 Å². The van der Waals surface area contributed by atoms with Crippen LogP contribution in [-0.2, 0) is 0 Å². The topological polar surface area (TPSA) is 81.4 Å². The molecule has 0 spiro atoms. The van der Waals surface area contributed by atoms with Gasteiger partial charge in [-0.3, -0.25) is 0 Å². The Kier molecular flexibility index (Phi) is 4.25. The number of rotatable bonds is 5.